The Morgan fingerprint density at radius 1 is 1.47 bits per heavy atom. The van der Waals surface area contributed by atoms with Crippen molar-refractivity contribution >= 4 is 27.9 Å². The lowest BCUT2D eigenvalue weighted by atomic mass is 10.1. The van der Waals surface area contributed by atoms with E-state index in [4.69, 9.17) is 5.11 Å². The second-order valence-electron chi connectivity index (χ2n) is 2.88. The summed E-state index contributed by atoms with van der Waals surface area (Å²) in [5.41, 5.74) is 0.891. The SMILES string of the molecule is COC(=O)c1cc(CC(=O)O)ccc1Br. The van der Waals surface area contributed by atoms with Gasteiger partial charge in [-0.25, -0.2) is 4.79 Å². The summed E-state index contributed by atoms with van der Waals surface area (Å²) in [6.07, 6.45) is -0.114. The molecule has 0 saturated heterocycles. The van der Waals surface area contributed by atoms with Crippen LogP contribution in [0.2, 0.25) is 0 Å². The van der Waals surface area contributed by atoms with E-state index in [-0.39, 0.29) is 6.42 Å². The zero-order chi connectivity index (χ0) is 11.4. The monoisotopic (exact) mass is 272 g/mol. The molecule has 1 N–H and O–H groups in total. The number of rotatable bonds is 3. The third kappa shape index (κ3) is 3.06. The van der Waals surface area contributed by atoms with Crippen molar-refractivity contribution in [3.05, 3.63) is 33.8 Å². The molecule has 0 spiro atoms. The molecule has 0 atom stereocenters. The predicted molar refractivity (Wildman–Crippen MR) is 56.8 cm³/mol. The summed E-state index contributed by atoms with van der Waals surface area (Å²) in [6.45, 7) is 0. The molecule has 0 aliphatic heterocycles. The van der Waals surface area contributed by atoms with Crippen LogP contribution in [0.5, 0.6) is 0 Å². The maximum absolute atomic E-state index is 11.3. The highest BCUT2D eigenvalue weighted by Crippen LogP contribution is 2.19. The maximum Gasteiger partial charge on any atom is 0.339 e. The molecule has 0 amide bonds. The number of aliphatic carboxylic acids is 1. The Labute approximate surface area is 95.0 Å². The van der Waals surface area contributed by atoms with E-state index in [0.717, 1.165) is 0 Å². The van der Waals surface area contributed by atoms with E-state index in [1.807, 2.05) is 0 Å². The summed E-state index contributed by atoms with van der Waals surface area (Å²) < 4.78 is 5.15. The van der Waals surface area contributed by atoms with Gasteiger partial charge in [0, 0.05) is 4.47 Å². The summed E-state index contributed by atoms with van der Waals surface area (Å²) in [6, 6.07) is 4.78. The van der Waals surface area contributed by atoms with Crippen LogP contribution in [0, 0.1) is 0 Å². The van der Waals surface area contributed by atoms with Gasteiger partial charge in [-0.15, -0.1) is 0 Å². The smallest absolute Gasteiger partial charge is 0.339 e. The molecule has 1 rings (SSSR count). The van der Waals surface area contributed by atoms with Crippen LogP contribution < -0.4 is 0 Å². The van der Waals surface area contributed by atoms with Crippen molar-refractivity contribution in [3.8, 4) is 0 Å². The Morgan fingerprint density at radius 2 is 2.13 bits per heavy atom. The first-order chi connectivity index (χ1) is 7.04. The Balaban J connectivity index is 3.05. The van der Waals surface area contributed by atoms with Gasteiger partial charge in [-0.1, -0.05) is 6.07 Å². The number of ether oxygens (including phenoxy) is 1. The molecule has 15 heavy (non-hydrogen) atoms. The molecule has 0 saturated carbocycles. The Morgan fingerprint density at radius 3 is 2.67 bits per heavy atom. The number of hydrogen-bond acceptors (Lipinski definition) is 3. The Bertz CT molecular complexity index is 400. The van der Waals surface area contributed by atoms with E-state index in [0.29, 0.717) is 15.6 Å². The number of hydrogen-bond donors (Lipinski definition) is 1. The minimum atomic E-state index is -0.937. The molecule has 0 aliphatic rings. The molecule has 0 heterocycles. The molecule has 0 radical (unpaired) electrons. The van der Waals surface area contributed by atoms with E-state index < -0.39 is 11.9 Å². The largest absolute Gasteiger partial charge is 0.481 e. The third-order valence-corrected chi connectivity index (χ3v) is 2.48. The van der Waals surface area contributed by atoms with Gasteiger partial charge >= 0.3 is 11.9 Å². The van der Waals surface area contributed by atoms with Gasteiger partial charge in [0.25, 0.3) is 0 Å². The van der Waals surface area contributed by atoms with Gasteiger partial charge < -0.3 is 9.84 Å². The van der Waals surface area contributed by atoms with Crippen molar-refractivity contribution < 1.29 is 19.4 Å². The highest BCUT2D eigenvalue weighted by molar-refractivity contribution is 9.10. The van der Waals surface area contributed by atoms with Crippen molar-refractivity contribution in [2.75, 3.05) is 7.11 Å². The number of esters is 1. The van der Waals surface area contributed by atoms with Crippen molar-refractivity contribution in [2.24, 2.45) is 0 Å². The van der Waals surface area contributed by atoms with Gasteiger partial charge in [-0.05, 0) is 33.6 Å². The van der Waals surface area contributed by atoms with Crippen molar-refractivity contribution in [2.45, 2.75) is 6.42 Å². The van der Waals surface area contributed by atoms with Crippen LogP contribution in [0.4, 0.5) is 0 Å². The van der Waals surface area contributed by atoms with E-state index in [9.17, 15) is 9.59 Å². The molecule has 4 nitrogen and oxygen atoms in total. The molecule has 0 bridgehead atoms. The number of methoxy groups -OCH3 is 1. The fourth-order valence-electron chi connectivity index (χ4n) is 1.12. The van der Waals surface area contributed by atoms with E-state index in [2.05, 4.69) is 20.7 Å². The molecule has 80 valence electrons. The molecule has 5 heteroatoms. The summed E-state index contributed by atoms with van der Waals surface area (Å²) in [4.78, 5) is 21.7. The van der Waals surface area contributed by atoms with Gasteiger partial charge in [-0.2, -0.15) is 0 Å². The summed E-state index contributed by atoms with van der Waals surface area (Å²) >= 11 is 3.19. The molecular formula is C10H9BrO4. The summed E-state index contributed by atoms with van der Waals surface area (Å²) in [5, 5.41) is 8.60. The van der Waals surface area contributed by atoms with Gasteiger partial charge in [0.2, 0.25) is 0 Å². The fourth-order valence-corrected chi connectivity index (χ4v) is 1.53. The number of carboxylic acids is 1. The Hall–Kier alpha value is -1.36. The van der Waals surface area contributed by atoms with Crippen LogP contribution in [-0.4, -0.2) is 24.2 Å². The first-order valence-corrected chi connectivity index (χ1v) is 4.92. The minimum Gasteiger partial charge on any atom is -0.481 e. The second kappa shape index (κ2) is 4.93. The number of carboxylic acid groups (broad SMARTS) is 1. The van der Waals surface area contributed by atoms with Crippen molar-refractivity contribution in [3.63, 3.8) is 0 Å². The van der Waals surface area contributed by atoms with Crippen LogP contribution >= 0.6 is 15.9 Å². The summed E-state index contributed by atoms with van der Waals surface area (Å²) in [7, 11) is 1.28. The first kappa shape index (κ1) is 11.7. The van der Waals surface area contributed by atoms with Crippen molar-refractivity contribution in [1.29, 1.82) is 0 Å². The quantitative estimate of drug-likeness (QED) is 0.854. The van der Waals surface area contributed by atoms with Gasteiger partial charge in [0.15, 0.2) is 0 Å². The van der Waals surface area contributed by atoms with E-state index >= 15 is 0 Å². The van der Waals surface area contributed by atoms with Crippen LogP contribution in [0.1, 0.15) is 15.9 Å². The molecule has 0 unspecified atom stereocenters. The standard InChI is InChI=1S/C10H9BrO4/c1-15-10(14)7-4-6(5-9(12)13)2-3-8(7)11/h2-4H,5H2,1H3,(H,12,13). The van der Waals surface area contributed by atoms with Gasteiger partial charge in [0.05, 0.1) is 19.1 Å². The van der Waals surface area contributed by atoms with E-state index in [1.165, 1.54) is 13.2 Å². The highest BCUT2D eigenvalue weighted by Gasteiger charge is 2.11. The van der Waals surface area contributed by atoms with Crippen LogP contribution in [0.3, 0.4) is 0 Å². The number of halogens is 1. The zero-order valence-corrected chi connectivity index (χ0v) is 9.58. The normalized spacial score (nSPS) is 9.73. The molecule has 0 aromatic heterocycles. The number of carbonyl (C=O) groups is 2. The number of benzene rings is 1. The molecule has 1 aromatic rings. The zero-order valence-electron chi connectivity index (χ0n) is 7.99. The fraction of sp³-hybridized carbons (Fsp3) is 0.200. The lowest BCUT2D eigenvalue weighted by Gasteiger charge is -2.04. The lowest BCUT2D eigenvalue weighted by Crippen LogP contribution is -2.05. The average Bonchev–Trinajstić information content (AvgIpc) is 2.19. The highest BCUT2D eigenvalue weighted by atomic mass is 79.9. The first-order valence-electron chi connectivity index (χ1n) is 4.13. The van der Waals surface area contributed by atoms with Crippen LogP contribution in [-0.2, 0) is 16.0 Å². The minimum absolute atomic E-state index is 0.114. The summed E-state index contributed by atoms with van der Waals surface area (Å²) in [5.74, 6) is -1.43. The molecule has 0 fully saturated rings. The topological polar surface area (TPSA) is 63.6 Å². The second-order valence-corrected chi connectivity index (χ2v) is 3.73. The number of carbonyl (C=O) groups excluding carboxylic acids is 1. The van der Waals surface area contributed by atoms with Gasteiger partial charge in [-0.3, -0.25) is 4.79 Å². The van der Waals surface area contributed by atoms with Crippen molar-refractivity contribution in [1.82, 2.24) is 0 Å². The molecular weight excluding hydrogens is 264 g/mol. The molecule has 1 aromatic carbocycles. The maximum atomic E-state index is 11.3. The Kier molecular flexibility index (Phi) is 3.85. The van der Waals surface area contributed by atoms with Crippen LogP contribution in [0.15, 0.2) is 22.7 Å². The van der Waals surface area contributed by atoms with Gasteiger partial charge in [0.1, 0.15) is 0 Å². The van der Waals surface area contributed by atoms with Crippen LogP contribution in [0.25, 0.3) is 0 Å². The van der Waals surface area contributed by atoms with E-state index in [1.54, 1.807) is 12.1 Å². The average molecular weight is 273 g/mol. The molecule has 0 aliphatic carbocycles. The lowest BCUT2D eigenvalue weighted by molar-refractivity contribution is -0.136. The predicted octanol–water partition coefficient (Wildman–Crippen LogP) is 1.86. The third-order valence-electron chi connectivity index (χ3n) is 1.79.